The van der Waals surface area contributed by atoms with E-state index in [0.29, 0.717) is 12.2 Å². The van der Waals surface area contributed by atoms with Gasteiger partial charge in [0, 0.05) is 31.6 Å². The zero-order valence-electron chi connectivity index (χ0n) is 9.16. The van der Waals surface area contributed by atoms with Gasteiger partial charge in [-0.05, 0) is 19.3 Å². The largest absolute Gasteiger partial charge is 0.377 e. The van der Waals surface area contributed by atoms with Gasteiger partial charge in [0.15, 0.2) is 0 Å². The van der Waals surface area contributed by atoms with Crippen LogP contribution < -0.4 is 0 Å². The Kier molecular flexibility index (Phi) is 4.88. The monoisotopic (exact) mass is 277 g/mol. The van der Waals surface area contributed by atoms with Gasteiger partial charge in [-0.15, -0.1) is 0 Å². The molecule has 2 heterocycles. The third-order valence-corrected chi connectivity index (χ3v) is 3.85. The van der Waals surface area contributed by atoms with E-state index < -0.39 is 0 Å². The molecule has 0 saturated carbocycles. The van der Waals surface area contributed by atoms with Crippen LogP contribution >= 0.6 is 15.9 Å². The van der Waals surface area contributed by atoms with Crippen molar-refractivity contribution >= 4 is 15.9 Å². The SMILES string of the molecule is BrCC1CN(CC2CCCCO2)CCO1. The lowest BCUT2D eigenvalue weighted by atomic mass is 10.1. The predicted octanol–water partition coefficient (Wildman–Crippen LogP) is 1.65. The van der Waals surface area contributed by atoms with Crippen molar-refractivity contribution in [2.24, 2.45) is 0 Å². The van der Waals surface area contributed by atoms with Gasteiger partial charge in [-0.1, -0.05) is 15.9 Å². The van der Waals surface area contributed by atoms with Crippen LogP contribution in [0.15, 0.2) is 0 Å². The van der Waals surface area contributed by atoms with E-state index in [1.807, 2.05) is 0 Å². The summed E-state index contributed by atoms with van der Waals surface area (Å²) in [5.74, 6) is 0. The minimum absolute atomic E-state index is 0.363. The molecule has 2 fully saturated rings. The van der Waals surface area contributed by atoms with Crippen molar-refractivity contribution in [3.8, 4) is 0 Å². The van der Waals surface area contributed by atoms with Crippen molar-refractivity contribution < 1.29 is 9.47 Å². The number of hydrogen-bond acceptors (Lipinski definition) is 3. The second-order valence-corrected chi connectivity index (χ2v) is 5.04. The fourth-order valence-electron chi connectivity index (χ4n) is 2.28. The van der Waals surface area contributed by atoms with E-state index in [1.54, 1.807) is 0 Å². The van der Waals surface area contributed by atoms with Crippen molar-refractivity contribution in [2.45, 2.75) is 31.5 Å². The number of rotatable bonds is 3. The standard InChI is InChI=1S/C11H20BrNO2/c12-7-11-9-13(4-6-15-11)8-10-3-1-2-5-14-10/h10-11H,1-9H2. The van der Waals surface area contributed by atoms with Crippen molar-refractivity contribution in [1.29, 1.82) is 0 Å². The van der Waals surface area contributed by atoms with Crippen LogP contribution in [0.4, 0.5) is 0 Å². The minimum Gasteiger partial charge on any atom is -0.377 e. The molecule has 0 spiro atoms. The van der Waals surface area contributed by atoms with Gasteiger partial charge in [0.1, 0.15) is 0 Å². The second-order valence-electron chi connectivity index (χ2n) is 4.40. The second kappa shape index (κ2) is 6.18. The molecule has 0 aliphatic carbocycles. The first kappa shape index (κ1) is 11.8. The summed E-state index contributed by atoms with van der Waals surface area (Å²) in [5, 5.41) is 0.940. The fraction of sp³-hybridized carbons (Fsp3) is 1.00. The smallest absolute Gasteiger partial charge is 0.0799 e. The summed E-state index contributed by atoms with van der Waals surface area (Å²) in [5.41, 5.74) is 0. The molecule has 2 aliphatic heterocycles. The van der Waals surface area contributed by atoms with E-state index in [0.717, 1.165) is 38.2 Å². The number of hydrogen-bond donors (Lipinski definition) is 0. The summed E-state index contributed by atoms with van der Waals surface area (Å²) in [6.07, 6.45) is 4.63. The molecule has 0 N–H and O–H groups in total. The number of alkyl halides is 1. The van der Waals surface area contributed by atoms with Gasteiger partial charge in [-0.3, -0.25) is 4.90 Å². The Morgan fingerprint density at radius 1 is 1.13 bits per heavy atom. The summed E-state index contributed by atoms with van der Waals surface area (Å²) in [7, 11) is 0. The van der Waals surface area contributed by atoms with E-state index >= 15 is 0 Å². The topological polar surface area (TPSA) is 21.7 Å². The van der Waals surface area contributed by atoms with Gasteiger partial charge in [0.25, 0.3) is 0 Å². The van der Waals surface area contributed by atoms with Gasteiger partial charge in [-0.25, -0.2) is 0 Å². The first-order valence-electron chi connectivity index (χ1n) is 5.90. The molecule has 2 saturated heterocycles. The first-order chi connectivity index (χ1) is 7.38. The highest BCUT2D eigenvalue weighted by molar-refractivity contribution is 9.09. The number of halogens is 1. The van der Waals surface area contributed by atoms with Crippen LogP contribution in [-0.2, 0) is 9.47 Å². The molecular formula is C11H20BrNO2. The third kappa shape index (κ3) is 3.70. The Hall–Kier alpha value is 0.360. The van der Waals surface area contributed by atoms with Gasteiger partial charge in [0.05, 0.1) is 18.8 Å². The Morgan fingerprint density at radius 2 is 2.00 bits per heavy atom. The Labute approximate surface area is 100 Å². The molecular weight excluding hydrogens is 258 g/mol. The highest BCUT2D eigenvalue weighted by Crippen LogP contribution is 2.15. The van der Waals surface area contributed by atoms with Crippen LogP contribution in [0, 0.1) is 0 Å². The average molecular weight is 278 g/mol. The lowest BCUT2D eigenvalue weighted by molar-refractivity contribution is -0.0523. The molecule has 0 aromatic heterocycles. The van der Waals surface area contributed by atoms with Crippen LogP contribution in [0.25, 0.3) is 0 Å². The summed E-state index contributed by atoms with van der Waals surface area (Å²) in [6.45, 7) is 5.02. The Morgan fingerprint density at radius 3 is 2.73 bits per heavy atom. The number of ether oxygens (including phenoxy) is 2. The third-order valence-electron chi connectivity index (χ3n) is 3.13. The molecule has 0 amide bonds. The highest BCUT2D eigenvalue weighted by atomic mass is 79.9. The molecule has 2 atom stereocenters. The maximum atomic E-state index is 5.76. The average Bonchev–Trinajstić information content (AvgIpc) is 2.31. The Bertz CT molecular complexity index is 185. The fourth-order valence-corrected chi connectivity index (χ4v) is 2.67. The maximum absolute atomic E-state index is 5.76. The lowest BCUT2D eigenvalue weighted by Crippen LogP contribution is -2.47. The molecule has 15 heavy (non-hydrogen) atoms. The summed E-state index contributed by atoms with van der Waals surface area (Å²) >= 11 is 3.48. The van der Waals surface area contributed by atoms with Crippen LogP contribution in [0.1, 0.15) is 19.3 Å². The van der Waals surface area contributed by atoms with Crippen molar-refractivity contribution in [3.63, 3.8) is 0 Å². The molecule has 4 heteroatoms. The zero-order chi connectivity index (χ0) is 10.5. The van der Waals surface area contributed by atoms with Gasteiger partial charge in [-0.2, -0.15) is 0 Å². The first-order valence-corrected chi connectivity index (χ1v) is 7.02. The molecule has 0 bridgehead atoms. The highest BCUT2D eigenvalue weighted by Gasteiger charge is 2.23. The predicted molar refractivity (Wildman–Crippen MR) is 63.6 cm³/mol. The lowest BCUT2D eigenvalue weighted by Gasteiger charge is -2.35. The number of morpholine rings is 1. The summed E-state index contributed by atoms with van der Waals surface area (Å²) < 4.78 is 11.4. The van der Waals surface area contributed by atoms with Crippen molar-refractivity contribution in [1.82, 2.24) is 4.90 Å². The van der Waals surface area contributed by atoms with E-state index in [4.69, 9.17) is 9.47 Å². The molecule has 3 nitrogen and oxygen atoms in total. The van der Waals surface area contributed by atoms with E-state index in [2.05, 4.69) is 20.8 Å². The van der Waals surface area contributed by atoms with Crippen molar-refractivity contribution in [2.75, 3.05) is 38.2 Å². The van der Waals surface area contributed by atoms with Gasteiger partial charge < -0.3 is 9.47 Å². The normalized spacial score (nSPS) is 34.2. The molecule has 0 aromatic rings. The summed E-state index contributed by atoms with van der Waals surface area (Å²) in [6, 6.07) is 0. The van der Waals surface area contributed by atoms with Crippen LogP contribution in [0.5, 0.6) is 0 Å². The molecule has 2 aliphatic rings. The van der Waals surface area contributed by atoms with Gasteiger partial charge >= 0.3 is 0 Å². The van der Waals surface area contributed by atoms with Crippen molar-refractivity contribution in [3.05, 3.63) is 0 Å². The van der Waals surface area contributed by atoms with Crippen LogP contribution in [-0.4, -0.2) is 55.3 Å². The van der Waals surface area contributed by atoms with Gasteiger partial charge in [0.2, 0.25) is 0 Å². The van der Waals surface area contributed by atoms with E-state index in [1.165, 1.54) is 19.3 Å². The number of nitrogens with zero attached hydrogens (tertiary/aromatic N) is 1. The molecule has 0 aromatic carbocycles. The van der Waals surface area contributed by atoms with E-state index in [9.17, 15) is 0 Å². The van der Waals surface area contributed by atoms with E-state index in [-0.39, 0.29) is 0 Å². The Balaban J connectivity index is 1.72. The summed E-state index contributed by atoms with van der Waals surface area (Å²) in [4.78, 5) is 2.48. The molecule has 88 valence electrons. The molecule has 2 unspecified atom stereocenters. The zero-order valence-corrected chi connectivity index (χ0v) is 10.7. The quantitative estimate of drug-likeness (QED) is 0.733. The van der Waals surface area contributed by atoms with Crippen LogP contribution in [0.2, 0.25) is 0 Å². The minimum atomic E-state index is 0.363. The van der Waals surface area contributed by atoms with Crippen LogP contribution in [0.3, 0.4) is 0 Å². The molecule has 2 rings (SSSR count). The maximum Gasteiger partial charge on any atom is 0.0799 e. The molecule has 0 radical (unpaired) electrons.